The number of alkyl halides is 3. The first-order valence-electron chi connectivity index (χ1n) is 11.3. The van der Waals surface area contributed by atoms with Crippen molar-refractivity contribution in [2.45, 2.75) is 64.8 Å². The predicted molar refractivity (Wildman–Crippen MR) is 121 cm³/mol. The molecule has 4 heterocycles. The van der Waals surface area contributed by atoms with Crippen molar-refractivity contribution >= 4 is 17.0 Å². The van der Waals surface area contributed by atoms with Crippen molar-refractivity contribution in [2.75, 3.05) is 5.32 Å². The molecule has 3 aromatic heterocycles. The third-order valence-corrected chi connectivity index (χ3v) is 6.15. The van der Waals surface area contributed by atoms with Gasteiger partial charge in [0.25, 0.3) is 0 Å². The highest BCUT2D eigenvalue weighted by Gasteiger charge is 2.30. The fourth-order valence-electron chi connectivity index (χ4n) is 4.46. The van der Waals surface area contributed by atoms with Gasteiger partial charge < -0.3 is 14.5 Å². The lowest BCUT2D eigenvalue weighted by atomic mass is 10.1. The summed E-state index contributed by atoms with van der Waals surface area (Å²) in [5.74, 6) is 3.40. The molecule has 1 aromatic carbocycles. The van der Waals surface area contributed by atoms with Gasteiger partial charge in [-0.05, 0) is 25.5 Å². The van der Waals surface area contributed by atoms with Gasteiger partial charge in [-0.15, -0.1) is 10.2 Å². The van der Waals surface area contributed by atoms with Crippen LogP contribution < -0.4 is 5.32 Å². The van der Waals surface area contributed by atoms with Crippen LogP contribution in [0.5, 0.6) is 0 Å². The maximum absolute atomic E-state index is 13.0. The lowest BCUT2D eigenvalue weighted by Crippen LogP contribution is -2.32. The minimum absolute atomic E-state index is 0.111. The van der Waals surface area contributed by atoms with Gasteiger partial charge >= 0.3 is 6.18 Å². The van der Waals surface area contributed by atoms with Crippen LogP contribution in [0.4, 0.5) is 19.0 Å². The van der Waals surface area contributed by atoms with Crippen LogP contribution in [-0.2, 0) is 25.7 Å². The van der Waals surface area contributed by atoms with Gasteiger partial charge in [0.15, 0.2) is 17.0 Å². The van der Waals surface area contributed by atoms with E-state index in [2.05, 4.69) is 43.9 Å². The fraction of sp³-hybridized carbons (Fsp3) is 0.435. The number of anilines is 1. The second-order valence-corrected chi connectivity index (χ2v) is 8.77. The van der Waals surface area contributed by atoms with Crippen LogP contribution in [0.2, 0.25) is 0 Å². The number of imidazole rings is 1. The molecule has 8 nitrogen and oxygen atoms in total. The molecule has 178 valence electrons. The average Bonchev–Trinajstić information content (AvgIpc) is 3.40. The Morgan fingerprint density at radius 3 is 2.56 bits per heavy atom. The first kappa shape index (κ1) is 22.3. The third kappa shape index (κ3) is 3.88. The number of hydrogen-bond donors (Lipinski definition) is 1. The van der Waals surface area contributed by atoms with Gasteiger partial charge in [-0.25, -0.2) is 15.0 Å². The van der Waals surface area contributed by atoms with E-state index in [1.54, 1.807) is 0 Å². The molecule has 4 aromatic rings. The number of fused-ring (bicyclic) bond motifs is 2. The van der Waals surface area contributed by atoms with E-state index in [4.69, 9.17) is 4.98 Å². The van der Waals surface area contributed by atoms with Crippen LogP contribution >= 0.6 is 0 Å². The maximum atomic E-state index is 13.0. The Bertz CT molecular complexity index is 1320. The summed E-state index contributed by atoms with van der Waals surface area (Å²) in [4.78, 5) is 13.6. The van der Waals surface area contributed by atoms with Crippen LogP contribution in [0.3, 0.4) is 0 Å². The SMILES string of the molecule is CCn1c(-c2ccc(C(F)(F)F)cc2)nc2c(NC3CCc4nnc(C(C)C)n4C3)ncnc21. The number of aryl methyl sites for hydroxylation is 2. The van der Waals surface area contributed by atoms with Crippen LogP contribution in [-0.4, -0.2) is 40.3 Å². The standard InChI is InChI=1S/C23H25F3N8/c1-4-33-21(14-5-7-15(8-6-14)23(24,25)26)30-18-19(27-12-28-22(18)33)29-16-9-10-17-31-32-20(13(2)3)34(17)11-16/h5-8,12-13,16H,4,9-11H2,1-3H3,(H,27,28,29). The molecule has 0 saturated heterocycles. The summed E-state index contributed by atoms with van der Waals surface area (Å²) in [5, 5.41) is 12.2. The third-order valence-electron chi connectivity index (χ3n) is 6.15. The maximum Gasteiger partial charge on any atom is 0.416 e. The van der Waals surface area contributed by atoms with Crippen LogP contribution in [0.25, 0.3) is 22.6 Å². The van der Waals surface area contributed by atoms with E-state index < -0.39 is 11.7 Å². The number of nitrogens with one attached hydrogen (secondary N) is 1. The first-order chi connectivity index (χ1) is 16.3. The van der Waals surface area contributed by atoms with Crippen molar-refractivity contribution in [3.8, 4) is 11.4 Å². The zero-order valence-corrected chi connectivity index (χ0v) is 19.1. The Morgan fingerprint density at radius 1 is 1.12 bits per heavy atom. The van der Waals surface area contributed by atoms with Gasteiger partial charge in [0.05, 0.1) is 5.56 Å². The zero-order valence-electron chi connectivity index (χ0n) is 19.1. The molecule has 34 heavy (non-hydrogen) atoms. The van der Waals surface area contributed by atoms with E-state index >= 15 is 0 Å². The molecule has 0 bridgehead atoms. The fourth-order valence-corrected chi connectivity index (χ4v) is 4.46. The monoisotopic (exact) mass is 470 g/mol. The molecule has 1 N–H and O–H groups in total. The number of nitrogens with zero attached hydrogens (tertiary/aromatic N) is 7. The summed E-state index contributed by atoms with van der Waals surface area (Å²) in [7, 11) is 0. The number of benzene rings is 1. The molecule has 1 aliphatic rings. The summed E-state index contributed by atoms with van der Waals surface area (Å²) in [6.07, 6.45) is -1.21. The van der Waals surface area contributed by atoms with Gasteiger partial charge in [-0.2, -0.15) is 13.2 Å². The van der Waals surface area contributed by atoms with Gasteiger partial charge in [0.1, 0.15) is 23.8 Å². The van der Waals surface area contributed by atoms with E-state index in [9.17, 15) is 13.2 Å². The molecule has 5 rings (SSSR count). The smallest absolute Gasteiger partial charge is 0.364 e. The van der Waals surface area contributed by atoms with Crippen molar-refractivity contribution < 1.29 is 13.2 Å². The number of aromatic nitrogens is 7. The molecule has 0 amide bonds. The lowest BCUT2D eigenvalue weighted by Gasteiger charge is -2.26. The molecule has 1 aliphatic heterocycles. The number of hydrogen-bond acceptors (Lipinski definition) is 6. The van der Waals surface area contributed by atoms with Crippen molar-refractivity contribution in [3.05, 3.63) is 47.8 Å². The van der Waals surface area contributed by atoms with Crippen LogP contribution in [0.15, 0.2) is 30.6 Å². The second kappa shape index (κ2) is 8.37. The largest absolute Gasteiger partial charge is 0.416 e. The Kier molecular flexibility index (Phi) is 5.49. The highest BCUT2D eigenvalue weighted by atomic mass is 19.4. The zero-order chi connectivity index (χ0) is 24.0. The summed E-state index contributed by atoms with van der Waals surface area (Å²) < 4.78 is 43.0. The molecule has 0 fully saturated rings. The summed E-state index contributed by atoms with van der Waals surface area (Å²) >= 11 is 0. The average molecular weight is 471 g/mol. The Hall–Kier alpha value is -3.50. The van der Waals surface area contributed by atoms with Crippen molar-refractivity contribution in [1.82, 2.24) is 34.3 Å². The minimum atomic E-state index is -4.38. The van der Waals surface area contributed by atoms with Gasteiger partial charge in [-0.3, -0.25) is 0 Å². The van der Waals surface area contributed by atoms with E-state index in [1.165, 1.54) is 18.5 Å². The molecule has 1 atom stereocenters. The second-order valence-electron chi connectivity index (χ2n) is 8.77. The summed E-state index contributed by atoms with van der Waals surface area (Å²) in [6.45, 7) is 7.44. The molecule has 0 radical (unpaired) electrons. The van der Waals surface area contributed by atoms with E-state index in [-0.39, 0.29) is 12.0 Å². The van der Waals surface area contributed by atoms with E-state index in [1.807, 2.05) is 11.5 Å². The normalized spacial score (nSPS) is 16.3. The Balaban J connectivity index is 1.48. The molecule has 0 aliphatic carbocycles. The Morgan fingerprint density at radius 2 is 1.88 bits per heavy atom. The predicted octanol–water partition coefficient (Wildman–Crippen LogP) is 4.67. The topological polar surface area (TPSA) is 86.3 Å². The quantitative estimate of drug-likeness (QED) is 0.456. The highest BCUT2D eigenvalue weighted by Crippen LogP contribution is 2.32. The Labute approximate surface area is 194 Å². The van der Waals surface area contributed by atoms with E-state index in [0.717, 1.165) is 43.2 Å². The molecule has 0 saturated carbocycles. The molecular formula is C23H25F3N8. The lowest BCUT2D eigenvalue weighted by molar-refractivity contribution is -0.137. The first-order valence-corrected chi connectivity index (χ1v) is 11.3. The van der Waals surface area contributed by atoms with Crippen molar-refractivity contribution in [2.24, 2.45) is 0 Å². The van der Waals surface area contributed by atoms with Crippen molar-refractivity contribution in [1.29, 1.82) is 0 Å². The summed E-state index contributed by atoms with van der Waals surface area (Å²) in [6, 6.07) is 5.15. The van der Waals surface area contributed by atoms with Crippen molar-refractivity contribution in [3.63, 3.8) is 0 Å². The molecule has 11 heteroatoms. The number of halogens is 3. The highest BCUT2D eigenvalue weighted by molar-refractivity contribution is 5.86. The number of rotatable bonds is 5. The summed E-state index contributed by atoms with van der Waals surface area (Å²) in [5.41, 5.74) is 1.13. The van der Waals surface area contributed by atoms with Gasteiger partial charge in [0.2, 0.25) is 0 Å². The van der Waals surface area contributed by atoms with E-state index in [0.29, 0.717) is 34.9 Å². The molecular weight excluding hydrogens is 445 g/mol. The minimum Gasteiger partial charge on any atom is -0.364 e. The van der Waals surface area contributed by atoms with Gasteiger partial charge in [-0.1, -0.05) is 26.0 Å². The van der Waals surface area contributed by atoms with Crippen LogP contribution in [0.1, 0.15) is 50.3 Å². The molecule has 0 spiro atoms. The van der Waals surface area contributed by atoms with Crippen LogP contribution in [0, 0.1) is 0 Å². The van der Waals surface area contributed by atoms with Gasteiger partial charge in [0, 0.05) is 37.0 Å². The molecule has 1 unspecified atom stereocenters.